The second kappa shape index (κ2) is 7.73. The van der Waals surface area contributed by atoms with E-state index in [1.54, 1.807) is 0 Å². The van der Waals surface area contributed by atoms with Gasteiger partial charge in [-0.15, -0.1) is 0 Å². The fourth-order valence-electron chi connectivity index (χ4n) is 3.27. The van der Waals surface area contributed by atoms with Crippen LogP contribution in [0.2, 0.25) is 0 Å². The molecule has 1 aliphatic carbocycles. The van der Waals surface area contributed by atoms with Crippen molar-refractivity contribution in [2.75, 3.05) is 26.2 Å². The maximum Gasteiger partial charge on any atom is 0.409 e. The topological polar surface area (TPSA) is 41.6 Å². The van der Waals surface area contributed by atoms with Crippen LogP contribution >= 0.6 is 0 Å². The van der Waals surface area contributed by atoms with E-state index in [0.29, 0.717) is 12.6 Å². The van der Waals surface area contributed by atoms with Crippen molar-refractivity contribution >= 4 is 6.09 Å². The molecule has 4 nitrogen and oxygen atoms in total. The van der Waals surface area contributed by atoms with E-state index in [1.165, 1.54) is 32.1 Å². The Morgan fingerprint density at radius 1 is 1.21 bits per heavy atom. The standard InChI is InChI=1S/C15H28N2O2/c1-2-19-15(18)17-11-8-14(9-12-17)16-10-7-13-5-3-4-6-13/h13-14,16H,2-12H2,1H3. The molecule has 2 rings (SSSR count). The summed E-state index contributed by atoms with van der Waals surface area (Å²) in [7, 11) is 0. The van der Waals surface area contributed by atoms with Gasteiger partial charge in [-0.25, -0.2) is 4.79 Å². The molecule has 4 heteroatoms. The van der Waals surface area contributed by atoms with Crippen LogP contribution < -0.4 is 5.32 Å². The third-order valence-electron chi connectivity index (χ3n) is 4.48. The highest BCUT2D eigenvalue weighted by Crippen LogP contribution is 2.27. The fourth-order valence-corrected chi connectivity index (χ4v) is 3.27. The molecule has 1 heterocycles. The highest BCUT2D eigenvalue weighted by Gasteiger charge is 2.23. The molecule has 0 aromatic heterocycles. The predicted molar refractivity (Wildman–Crippen MR) is 76.2 cm³/mol. The molecule has 0 bridgehead atoms. The first-order valence-electron chi connectivity index (χ1n) is 7.94. The van der Waals surface area contributed by atoms with Gasteiger partial charge in [0.2, 0.25) is 0 Å². The lowest BCUT2D eigenvalue weighted by atomic mass is 10.0. The highest BCUT2D eigenvalue weighted by atomic mass is 16.6. The van der Waals surface area contributed by atoms with E-state index < -0.39 is 0 Å². The van der Waals surface area contributed by atoms with E-state index >= 15 is 0 Å². The number of nitrogens with zero attached hydrogens (tertiary/aromatic N) is 1. The van der Waals surface area contributed by atoms with Crippen LogP contribution in [0.5, 0.6) is 0 Å². The molecule has 0 aromatic rings. The van der Waals surface area contributed by atoms with Gasteiger partial charge >= 0.3 is 6.09 Å². The van der Waals surface area contributed by atoms with Gasteiger partial charge < -0.3 is 15.0 Å². The van der Waals surface area contributed by atoms with E-state index in [1.807, 2.05) is 11.8 Å². The van der Waals surface area contributed by atoms with Crippen LogP contribution in [0.3, 0.4) is 0 Å². The predicted octanol–water partition coefficient (Wildman–Crippen LogP) is 2.78. The van der Waals surface area contributed by atoms with Gasteiger partial charge in [-0.3, -0.25) is 0 Å². The zero-order valence-electron chi connectivity index (χ0n) is 12.2. The van der Waals surface area contributed by atoms with Crippen molar-refractivity contribution < 1.29 is 9.53 Å². The minimum absolute atomic E-state index is 0.146. The Morgan fingerprint density at radius 3 is 2.53 bits per heavy atom. The van der Waals surface area contributed by atoms with Crippen LogP contribution in [-0.2, 0) is 4.74 Å². The van der Waals surface area contributed by atoms with Gasteiger partial charge in [0.25, 0.3) is 0 Å². The summed E-state index contributed by atoms with van der Waals surface area (Å²) in [6.45, 7) is 5.14. The fraction of sp³-hybridized carbons (Fsp3) is 0.933. The summed E-state index contributed by atoms with van der Waals surface area (Å²) in [5.74, 6) is 0.965. The van der Waals surface area contributed by atoms with Gasteiger partial charge in [0, 0.05) is 19.1 Å². The van der Waals surface area contributed by atoms with Gasteiger partial charge in [0.05, 0.1) is 6.61 Å². The Labute approximate surface area is 116 Å². The number of carbonyl (C=O) groups excluding carboxylic acids is 1. The van der Waals surface area contributed by atoms with E-state index in [0.717, 1.165) is 38.4 Å². The molecule has 0 unspecified atom stereocenters. The van der Waals surface area contributed by atoms with Crippen molar-refractivity contribution in [1.82, 2.24) is 10.2 Å². The quantitative estimate of drug-likeness (QED) is 0.833. The summed E-state index contributed by atoms with van der Waals surface area (Å²) >= 11 is 0. The third kappa shape index (κ3) is 4.68. The summed E-state index contributed by atoms with van der Waals surface area (Å²) in [6, 6.07) is 0.590. The van der Waals surface area contributed by atoms with E-state index in [9.17, 15) is 4.79 Å². The Kier molecular flexibility index (Phi) is 5.95. The number of nitrogens with one attached hydrogen (secondary N) is 1. The number of hydrogen-bond donors (Lipinski definition) is 1. The lowest BCUT2D eigenvalue weighted by molar-refractivity contribution is 0.0950. The molecule has 1 saturated carbocycles. The van der Waals surface area contributed by atoms with E-state index in [2.05, 4.69) is 5.32 Å². The second-order valence-corrected chi connectivity index (χ2v) is 5.85. The maximum absolute atomic E-state index is 11.6. The average molecular weight is 268 g/mol. The third-order valence-corrected chi connectivity index (χ3v) is 4.48. The molecule has 0 atom stereocenters. The van der Waals surface area contributed by atoms with Gasteiger partial charge in [0.15, 0.2) is 0 Å². The zero-order valence-corrected chi connectivity index (χ0v) is 12.2. The minimum Gasteiger partial charge on any atom is -0.450 e. The summed E-state index contributed by atoms with van der Waals surface area (Å²) in [5, 5.41) is 3.66. The van der Waals surface area contributed by atoms with Crippen molar-refractivity contribution in [3.8, 4) is 0 Å². The van der Waals surface area contributed by atoms with Crippen molar-refractivity contribution in [2.24, 2.45) is 5.92 Å². The number of piperidine rings is 1. The highest BCUT2D eigenvalue weighted by molar-refractivity contribution is 5.67. The molecule has 19 heavy (non-hydrogen) atoms. The van der Waals surface area contributed by atoms with Crippen molar-refractivity contribution in [1.29, 1.82) is 0 Å². The van der Waals surface area contributed by atoms with Gasteiger partial charge in [-0.2, -0.15) is 0 Å². The van der Waals surface area contributed by atoms with Crippen LogP contribution in [0.15, 0.2) is 0 Å². The molecule has 1 N–H and O–H groups in total. The number of ether oxygens (including phenoxy) is 1. The lowest BCUT2D eigenvalue weighted by Gasteiger charge is -2.32. The number of amides is 1. The number of hydrogen-bond acceptors (Lipinski definition) is 3. The van der Waals surface area contributed by atoms with E-state index in [-0.39, 0.29) is 6.09 Å². The maximum atomic E-state index is 11.6. The Morgan fingerprint density at radius 2 is 1.89 bits per heavy atom. The van der Waals surface area contributed by atoms with E-state index in [4.69, 9.17) is 4.74 Å². The molecule has 0 spiro atoms. The van der Waals surface area contributed by atoms with Gasteiger partial charge in [-0.1, -0.05) is 25.7 Å². The molecular weight excluding hydrogens is 240 g/mol. The molecule has 110 valence electrons. The normalized spacial score (nSPS) is 21.8. The zero-order chi connectivity index (χ0) is 13.5. The number of likely N-dealkylation sites (tertiary alicyclic amines) is 1. The first-order valence-corrected chi connectivity index (χ1v) is 7.94. The van der Waals surface area contributed by atoms with Gasteiger partial charge in [0.1, 0.15) is 0 Å². The Hall–Kier alpha value is -0.770. The molecule has 2 fully saturated rings. The summed E-state index contributed by atoms with van der Waals surface area (Å²) in [4.78, 5) is 13.4. The molecule has 2 aliphatic rings. The molecule has 0 aromatic carbocycles. The van der Waals surface area contributed by atoms with Gasteiger partial charge in [-0.05, 0) is 38.6 Å². The molecular formula is C15H28N2O2. The lowest BCUT2D eigenvalue weighted by Crippen LogP contribution is -2.45. The smallest absolute Gasteiger partial charge is 0.409 e. The molecule has 0 radical (unpaired) electrons. The van der Waals surface area contributed by atoms with Crippen molar-refractivity contribution in [2.45, 2.75) is 57.9 Å². The molecule has 1 saturated heterocycles. The summed E-state index contributed by atoms with van der Waals surface area (Å²) in [6.07, 6.45) is 9.04. The summed E-state index contributed by atoms with van der Waals surface area (Å²) in [5.41, 5.74) is 0. The van der Waals surface area contributed by atoms with Crippen LogP contribution in [0, 0.1) is 5.92 Å². The van der Waals surface area contributed by atoms with Crippen molar-refractivity contribution in [3.05, 3.63) is 0 Å². The first-order chi connectivity index (χ1) is 9.29. The largest absolute Gasteiger partial charge is 0.450 e. The SMILES string of the molecule is CCOC(=O)N1CCC(NCCC2CCCC2)CC1. The van der Waals surface area contributed by atoms with Crippen LogP contribution in [0.4, 0.5) is 4.79 Å². The van der Waals surface area contributed by atoms with Crippen LogP contribution in [0.25, 0.3) is 0 Å². The minimum atomic E-state index is -0.146. The van der Waals surface area contributed by atoms with Crippen LogP contribution in [0.1, 0.15) is 51.9 Å². The number of rotatable bonds is 5. The average Bonchev–Trinajstić information content (AvgIpc) is 2.93. The molecule has 1 amide bonds. The Bertz CT molecular complexity index is 269. The Balaban J connectivity index is 1.56. The second-order valence-electron chi connectivity index (χ2n) is 5.85. The van der Waals surface area contributed by atoms with Crippen molar-refractivity contribution in [3.63, 3.8) is 0 Å². The summed E-state index contributed by atoms with van der Waals surface area (Å²) < 4.78 is 5.03. The molecule has 1 aliphatic heterocycles. The van der Waals surface area contributed by atoms with Crippen LogP contribution in [-0.4, -0.2) is 43.3 Å². The first kappa shape index (κ1) is 14.6. The number of carbonyl (C=O) groups is 1. The monoisotopic (exact) mass is 268 g/mol.